The normalized spacial score (nSPS) is 14.9. The SMILES string of the molecule is CC(CO)CSC(C)c1ccccc1F. The molecular formula is C12H17FOS. The van der Waals surface area contributed by atoms with Crippen molar-refractivity contribution in [2.45, 2.75) is 19.1 Å². The van der Waals surface area contributed by atoms with E-state index in [-0.39, 0.29) is 23.6 Å². The molecule has 1 aromatic carbocycles. The van der Waals surface area contributed by atoms with E-state index in [2.05, 4.69) is 0 Å². The summed E-state index contributed by atoms with van der Waals surface area (Å²) in [6.07, 6.45) is 0. The predicted octanol–water partition coefficient (Wildman–Crippen LogP) is 3.25. The van der Waals surface area contributed by atoms with Crippen LogP contribution < -0.4 is 0 Å². The lowest BCUT2D eigenvalue weighted by molar-refractivity contribution is 0.250. The Kier molecular flexibility index (Phi) is 5.12. The zero-order chi connectivity index (χ0) is 11.3. The van der Waals surface area contributed by atoms with Gasteiger partial charge in [-0.1, -0.05) is 25.1 Å². The fraction of sp³-hybridized carbons (Fsp3) is 0.500. The van der Waals surface area contributed by atoms with Gasteiger partial charge in [-0.2, -0.15) is 11.8 Å². The first-order valence-electron chi connectivity index (χ1n) is 5.12. The summed E-state index contributed by atoms with van der Waals surface area (Å²) >= 11 is 1.68. The molecule has 84 valence electrons. The van der Waals surface area contributed by atoms with Gasteiger partial charge in [0.25, 0.3) is 0 Å². The smallest absolute Gasteiger partial charge is 0.127 e. The predicted molar refractivity (Wildman–Crippen MR) is 63.5 cm³/mol. The maximum absolute atomic E-state index is 13.4. The molecule has 0 amide bonds. The van der Waals surface area contributed by atoms with Gasteiger partial charge in [0, 0.05) is 17.4 Å². The molecule has 0 aliphatic heterocycles. The molecular weight excluding hydrogens is 211 g/mol. The highest BCUT2D eigenvalue weighted by molar-refractivity contribution is 7.99. The lowest BCUT2D eigenvalue weighted by atomic mass is 10.1. The fourth-order valence-electron chi connectivity index (χ4n) is 1.26. The summed E-state index contributed by atoms with van der Waals surface area (Å²) in [5.41, 5.74) is 0.743. The van der Waals surface area contributed by atoms with Crippen molar-refractivity contribution >= 4 is 11.8 Å². The lowest BCUT2D eigenvalue weighted by Gasteiger charge is -2.14. The number of rotatable bonds is 5. The standard InChI is InChI=1S/C12H17FOS/c1-9(7-14)8-15-10(2)11-5-3-4-6-12(11)13/h3-6,9-10,14H,7-8H2,1-2H3. The molecule has 1 aromatic rings. The Labute approximate surface area is 94.7 Å². The Balaban J connectivity index is 2.54. The third kappa shape index (κ3) is 3.84. The Bertz CT molecular complexity index is 303. The van der Waals surface area contributed by atoms with Crippen molar-refractivity contribution in [2.75, 3.05) is 12.4 Å². The third-order valence-corrected chi connectivity index (χ3v) is 3.80. The fourth-order valence-corrected chi connectivity index (χ4v) is 2.35. The number of halogens is 1. The number of aliphatic hydroxyl groups excluding tert-OH is 1. The third-order valence-electron chi connectivity index (χ3n) is 2.29. The molecule has 0 fully saturated rings. The molecule has 2 atom stereocenters. The minimum Gasteiger partial charge on any atom is -0.396 e. The van der Waals surface area contributed by atoms with Gasteiger partial charge >= 0.3 is 0 Å². The van der Waals surface area contributed by atoms with E-state index >= 15 is 0 Å². The van der Waals surface area contributed by atoms with Gasteiger partial charge in [0.05, 0.1) is 0 Å². The summed E-state index contributed by atoms with van der Waals surface area (Å²) in [5, 5.41) is 9.02. The molecule has 0 radical (unpaired) electrons. The zero-order valence-electron chi connectivity index (χ0n) is 9.11. The van der Waals surface area contributed by atoms with E-state index in [9.17, 15) is 4.39 Å². The van der Waals surface area contributed by atoms with Crippen molar-refractivity contribution in [3.8, 4) is 0 Å². The van der Waals surface area contributed by atoms with Crippen LogP contribution in [0.4, 0.5) is 4.39 Å². The van der Waals surface area contributed by atoms with Gasteiger partial charge in [-0.25, -0.2) is 4.39 Å². The van der Waals surface area contributed by atoms with Crippen LogP contribution in [0, 0.1) is 11.7 Å². The molecule has 0 aliphatic rings. The summed E-state index contributed by atoms with van der Waals surface area (Å²) in [6.45, 7) is 4.17. The molecule has 3 heteroatoms. The second-order valence-corrected chi connectivity index (χ2v) is 5.16. The Morgan fingerprint density at radius 1 is 1.33 bits per heavy atom. The Morgan fingerprint density at radius 3 is 2.60 bits per heavy atom. The molecule has 1 N–H and O–H groups in total. The lowest BCUT2D eigenvalue weighted by Crippen LogP contribution is -2.05. The average molecular weight is 228 g/mol. The van der Waals surface area contributed by atoms with Gasteiger partial charge in [0.2, 0.25) is 0 Å². The highest BCUT2D eigenvalue weighted by Gasteiger charge is 2.11. The zero-order valence-corrected chi connectivity index (χ0v) is 9.93. The molecule has 0 aromatic heterocycles. The first kappa shape index (κ1) is 12.5. The average Bonchev–Trinajstić information content (AvgIpc) is 2.26. The first-order valence-corrected chi connectivity index (χ1v) is 6.17. The van der Waals surface area contributed by atoms with Crippen molar-refractivity contribution < 1.29 is 9.50 Å². The van der Waals surface area contributed by atoms with Gasteiger partial charge in [0.15, 0.2) is 0 Å². The van der Waals surface area contributed by atoms with Crippen LogP contribution in [-0.4, -0.2) is 17.5 Å². The molecule has 0 saturated heterocycles. The van der Waals surface area contributed by atoms with E-state index < -0.39 is 0 Å². The van der Waals surface area contributed by atoms with Crippen molar-refractivity contribution in [3.05, 3.63) is 35.6 Å². The first-order chi connectivity index (χ1) is 7.15. The van der Waals surface area contributed by atoms with Crippen LogP contribution in [0.25, 0.3) is 0 Å². The number of hydrogen-bond donors (Lipinski definition) is 1. The van der Waals surface area contributed by atoms with Crippen molar-refractivity contribution in [2.24, 2.45) is 5.92 Å². The van der Waals surface area contributed by atoms with Gasteiger partial charge in [0.1, 0.15) is 5.82 Å². The van der Waals surface area contributed by atoms with E-state index in [4.69, 9.17) is 5.11 Å². The topological polar surface area (TPSA) is 20.2 Å². The van der Waals surface area contributed by atoms with Gasteiger partial charge in [-0.15, -0.1) is 0 Å². The van der Waals surface area contributed by atoms with Crippen LogP contribution in [0.5, 0.6) is 0 Å². The molecule has 0 bridgehead atoms. The van der Waals surface area contributed by atoms with Gasteiger partial charge in [-0.3, -0.25) is 0 Å². The quantitative estimate of drug-likeness (QED) is 0.834. The van der Waals surface area contributed by atoms with E-state index in [1.807, 2.05) is 26.0 Å². The Morgan fingerprint density at radius 2 is 2.00 bits per heavy atom. The Hall–Kier alpha value is -0.540. The molecule has 0 saturated carbocycles. The van der Waals surface area contributed by atoms with Crippen LogP contribution in [0.1, 0.15) is 24.7 Å². The van der Waals surface area contributed by atoms with Gasteiger partial charge in [-0.05, 0) is 24.7 Å². The molecule has 1 nitrogen and oxygen atoms in total. The van der Waals surface area contributed by atoms with Crippen LogP contribution in [0.2, 0.25) is 0 Å². The van der Waals surface area contributed by atoms with Gasteiger partial charge < -0.3 is 5.11 Å². The van der Waals surface area contributed by atoms with E-state index in [0.29, 0.717) is 0 Å². The monoisotopic (exact) mass is 228 g/mol. The molecule has 0 heterocycles. The highest BCUT2D eigenvalue weighted by atomic mass is 32.2. The number of thioether (sulfide) groups is 1. The van der Waals surface area contributed by atoms with E-state index in [1.54, 1.807) is 17.8 Å². The van der Waals surface area contributed by atoms with Crippen LogP contribution in [0.3, 0.4) is 0 Å². The second kappa shape index (κ2) is 6.13. The van der Waals surface area contributed by atoms with Crippen LogP contribution >= 0.6 is 11.8 Å². The summed E-state index contributed by atoms with van der Waals surface area (Å²) in [4.78, 5) is 0. The maximum atomic E-state index is 13.4. The van der Waals surface area contributed by atoms with Crippen LogP contribution in [-0.2, 0) is 0 Å². The largest absolute Gasteiger partial charge is 0.396 e. The minimum absolute atomic E-state index is 0.139. The van der Waals surface area contributed by atoms with Crippen molar-refractivity contribution in [1.82, 2.24) is 0 Å². The summed E-state index contributed by atoms with van der Waals surface area (Å²) in [6, 6.07) is 6.86. The second-order valence-electron chi connectivity index (χ2n) is 3.78. The molecule has 15 heavy (non-hydrogen) atoms. The van der Waals surface area contributed by atoms with Crippen molar-refractivity contribution in [3.63, 3.8) is 0 Å². The number of aliphatic hydroxyl groups is 1. The summed E-state index contributed by atoms with van der Waals surface area (Å²) < 4.78 is 13.4. The summed E-state index contributed by atoms with van der Waals surface area (Å²) in [5.74, 6) is 0.977. The molecule has 2 unspecified atom stereocenters. The highest BCUT2D eigenvalue weighted by Crippen LogP contribution is 2.30. The summed E-state index contributed by atoms with van der Waals surface area (Å²) in [7, 11) is 0. The minimum atomic E-state index is -0.144. The van der Waals surface area contributed by atoms with Crippen LogP contribution in [0.15, 0.2) is 24.3 Å². The van der Waals surface area contributed by atoms with E-state index in [1.165, 1.54) is 6.07 Å². The maximum Gasteiger partial charge on any atom is 0.127 e. The molecule has 0 aliphatic carbocycles. The molecule has 0 spiro atoms. The number of benzene rings is 1. The van der Waals surface area contributed by atoms with Crippen molar-refractivity contribution in [1.29, 1.82) is 0 Å². The number of hydrogen-bond acceptors (Lipinski definition) is 2. The van der Waals surface area contributed by atoms with E-state index in [0.717, 1.165) is 11.3 Å². The molecule has 1 rings (SSSR count).